The van der Waals surface area contributed by atoms with Crippen molar-refractivity contribution < 1.29 is 4.79 Å². The molecule has 1 amide bonds. The average Bonchev–Trinajstić information content (AvgIpc) is 3.16. The third-order valence-corrected chi connectivity index (χ3v) is 3.95. The normalized spacial score (nSPS) is 12.1. The largest absolute Gasteiger partial charge is 0.291 e. The lowest BCUT2D eigenvalue weighted by atomic mass is 10.1. The van der Waals surface area contributed by atoms with Gasteiger partial charge in [0.15, 0.2) is 0 Å². The molecule has 2 heterocycles. The highest BCUT2D eigenvalue weighted by Gasteiger charge is 2.17. The fraction of sp³-hybridized carbons (Fsp3) is 0.250. The summed E-state index contributed by atoms with van der Waals surface area (Å²) in [6.07, 6.45) is 4.99. The molecule has 1 unspecified atom stereocenters. The second-order valence-electron chi connectivity index (χ2n) is 5.56. The van der Waals surface area contributed by atoms with Gasteiger partial charge in [0.1, 0.15) is 12.4 Å². The number of aryl methyl sites for hydroxylation is 1. The molecular weight excluding hydrogens is 372 g/mol. The van der Waals surface area contributed by atoms with E-state index in [0.29, 0.717) is 6.54 Å². The van der Waals surface area contributed by atoms with Crippen LogP contribution in [0.25, 0.3) is 0 Å². The van der Waals surface area contributed by atoms with Gasteiger partial charge in [-0.25, -0.2) is 9.67 Å². The Morgan fingerprint density at radius 3 is 2.96 bits per heavy atom. The molecule has 7 nitrogen and oxygen atoms in total. The number of anilines is 1. The second kappa shape index (κ2) is 6.96. The standard InChI is InChI=1S/C16H17BrN6O/c1-11-4-3-5-13(6-11)8-22-10-18-16(21-22)20-15(24)12(2)23-9-14(17)7-19-23/h3-7,9-10,12H,8H2,1-2H3,(H,20,21,24). The minimum atomic E-state index is -0.458. The Hall–Kier alpha value is -2.48. The molecule has 3 rings (SSSR count). The summed E-state index contributed by atoms with van der Waals surface area (Å²) < 4.78 is 4.09. The molecular formula is C16H17BrN6O. The van der Waals surface area contributed by atoms with Gasteiger partial charge in [-0.15, -0.1) is 5.10 Å². The Bertz CT molecular complexity index is 856. The molecule has 0 saturated carbocycles. The number of nitrogens with zero attached hydrogens (tertiary/aromatic N) is 5. The van der Waals surface area contributed by atoms with Crippen molar-refractivity contribution >= 4 is 27.8 Å². The number of carbonyl (C=O) groups is 1. The van der Waals surface area contributed by atoms with Crippen LogP contribution in [0.3, 0.4) is 0 Å². The average molecular weight is 389 g/mol. The van der Waals surface area contributed by atoms with Crippen molar-refractivity contribution in [1.82, 2.24) is 24.5 Å². The van der Waals surface area contributed by atoms with E-state index in [9.17, 15) is 4.79 Å². The van der Waals surface area contributed by atoms with E-state index in [2.05, 4.69) is 42.5 Å². The SMILES string of the molecule is Cc1cccc(Cn2cnc(NC(=O)C(C)n3cc(Br)cn3)n2)c1. The van der Waals surface area contributed by atoms with Crippen molar-refractivity contribution in [2.45, 2.75) is 26.4 Å². The van der Waals surface area contributed by atoms with Gasteiger partial charge in [-0.1, -0.05) is 29.8 Å². The first-order valence-electron chi connectivity index (χ1n) is 7.47. The van der Waals surface area contributed by atoms with Crippen LogP contribution < -0.4 is 5.32 Å². The van der Waals surface area contributed by atoms with Crippen molar-refractivity contribution in [3.05, 3.63) is 58.6 Å². The van der Waals surface area contributed by atoms with Gasteiger partial charge in [0.2, 0.25) is 5.95 Å². The van der Waals surface area contributed by atoms with Crippen LogP contribution in [0.5, 0.6) is 0 Å². The molecule has 0 aliphatic heterocycles. The summed E-state index contributed by atoms with van der Waals surface area (Å²) >= 11 is 3.31. The Morgan fingerprint density at radius 1 is 1.42 bits per heavy atom. The van der Waals surface area contributed by atoms with E-state index in [-0.39, 0.29) is 11.9 Å². The predicted octanol–water partition coefficient (Wildman–Crippen LogP) is 2.79. The predicted molar refractivity (Wildman–Crippen MR) is 93.6 cm³/mol. The number of aromatic nitrogens is 5. The van der Waals surface area contributed by atoms with E-state index in [1.807, 2.05) is 25.1 Å². The fourth-order valence-electron chi connectivity index (χ4n) is 2.29. The van der Waals surface area contributed by atoms with Gasteiger partial charge >= 0.3 is 0 Å². The highest BCUT2D eigenvalue weighted by atomic mass is 79.9. The third kappa shape index (κ3) is 3.88. The maximum atomic E-state index is 12.3. The molecule has 2 aromatic heterocycles. The van der Waals surface area contributed by atoms with Crippen molar-refractivity contribution in [3.63, 3.8) is 0 Å². The molecule has 0 aliphatic carbocycles. The van der Waals surface area contributed by atoms with Crippen LogP contribution >= 0.6 is 15.9 Å². The molecule has 0 aliphatic rings. The van der Waals surface area contributed by atoms with Crippen molar-refractivity contribution in [2.24, 2.45) is 0 Å². The van der Waals surface area contributed by atoms with Gasteiger partial charge in [0.25, 0.3) is 5.91 Å². The monoisotopic (exact) mass is 388 g/mol. The molecule has 0 radical (unpaired) electrons. The number of nitrogens with one attached hydrogen (secondary N) is 1. The van der Waals surface area contributed by atoms with E-state index in [0.717, 1.165) is 10.0 Å². The smallest absolute Gasteiger partial charge is 0.251 e. The van der Waals surface area contributed by atoms with Crippen LogP contribution in [0.1, 0.15) is 24.1 Å². The summed E-state index contributed by atoms with van der Waals surface area (Å²) in [7, 11) is 0. The third-order valence-electron chi connectivity index (χ3n) is 3.54. The summed E-state index contributed by atoms with van der Waals surface area (Å²) in [5.41, 5.74) is 2.33. The highest BCUT2D eigenvalue weighted by Crippen LogP contribution is 2.13. The number of hydrogen-bond acceptors (Lipinski definition) is 4. The lowest BCUT2D eigenvalue weighted by Gasteiger charge is -2.10. The first kappa shape index (κ1) is 16.4. The van der Waals surface area contributed by atoms with Gasteiger partial charge in [-0.3, -0.25) is 14.8 Å². The van der Waals surface area contributed by atoms with Crippen LogP contribution in [0.2, 0.25) is 0 Å². The number of halogens is 1. The maximum absolute atomic E-state index is 12.3. The summed E-state index contributed by atoms with van der Waals surface area (Å²) in [4.78, 5) is 16.4. The summed E-state index contributed by atoms with van der Waals surface area (Å²) in [6, 6.07) is 7.72. The fourth-order valence-corrected chi connectivity index (χ4v) is 2.59. The van der Waals surface area contributed by atoms with Crippen molar-refractivity contribution in [1.29, 1.82) is 0 Å². The molecule has 1 aromatic carbocycles. The van der Waals surface area contributed by atoms with Gasteiger partial charge < -0.3 is 0 Å². The number of amides is 1. The minimum absolute atomic E-state index is 0.223. The Balaban J connectivity index is 1.64. The molecule has 0 bridgehead atoms. The van der Waals surface area contributed by atoms with Crippen LogP contribution in [-0.4, -0.2) is 30.5 Å². The number of rotatable bonds is 5. The molecule has 1 atom stereocenters. The lowest BCUT2D eigenvalue weighted by Crippen LogP contribution is -2.24. The highest BCUT2D eigenvalue weighted by molar-refractivity contribution is 9.10. The van der Waals surface area contributed by atoms with Gasteiger partial charge in [0, 0.05) is 6.20 Å². The van der Waals surface area contributed by atoms with Crippen LogP contribution in [0.15, 0.2) is 47.5 Å². The second-order valence-corrected chi connectivity index (χ2v) is 6.47. The summed E-state index contributed by atoms with van der Waals surface area (Å²) in [5.74, 6) is 0.0598. The molecule has 24 heavy (non-hydrogen) atoms. The van der Waals surface area contributed by atoms with Gasteiger partial charge in [0.05, 0.1) is 17.2 Å². The van der Waals surface area contributed by atoms with E-state index < -0.39 is 6.04 Å². The van der Waals surface area contributed by atoms with Gasteiger partial charge in [-0.2, -0.15) is 5.10 Å². The molecule has 8 heteroatoms. The van der Waals surface area contributed by atoms with Crippen LogP contribution in [-0.2, 0) is 11.3 Å². The number of hydrogen-bond donors (Lipinski definition) is 1. The lowest BCUT2D eigenvalue weighted by molar-refractivity contribution is -0.119. The van der Waals surface area contributed by atoms with E-state index in [1.165, 1.54) is 5.56 Å². The summed E-state index contributed by atoms with van der Waals surface area (Å²) in [6.45, 7) is 4.41. The molecule has 3 aromatic rings. The quantitative estimate of drug-likeness (QED) is 0.728. The first-order chi connectivity index (χ1) is 11.5. The molecule has 124 valence electrons. The van der Waals surface area contributed by atoms with E-state index in [1.54, 1.807) is 35.0 Å². The van der Waals surface area contributed by atoms with Gasteiger partial charge in [-0.05, 0) is 35.3 Å². The topological polar surface area (TPSA) is 77.6 Å². The maximum Gasteiger partial charge on any atom is 0.251 e. The molecule has 0 spiro atoms. The Morgan fingerprint density at radius 2 is 2.25 bits per heavy atom. The van der Waals surface area contributed by atoms with Crippen LogP contribution in [0.4, 0.5) is 5.95 Å². The zero-order chi connectivity index (χ0) is 17.1. The summed E-state index contributed by atoms with van der Waals surface area (Å²) in [5, 5.41) is 11.1. The number of benzene rings is 1. The van der Waals surface area contributed by atoms with Crippen LogP contribution in [0, 0.1) is 6.92 Å². The zero-order valence-corrected chi connectivity index (χ0v) is 14.9. The number of carbonyl (C=O) groups excluding carboxylic acids is 1. The zero-order valence-electron chi connectivity index (χ0n) is 13.3. The molecule has 0 saturated heterocycles. The first-order valence-corrected chi connectivity index (χ1v) is 8.26. The minimum Gasteiger partial charge on any atom is -0.291 e. The van der Waals surface area contributed by atoms with Crippen molar-refractivity contribution in [2.75, 3.05) is 5.32 Å². The van der Waals surface area contributed by atoms with Crippen molar-refractivity contribution in [3.8, 4) is 0 Å². The Labute approximate surface area is 147 Å². The van der Waals surface area contributed by atoms with E-state index in [4.69, 9.17) is 0 Å². The molecule has 1 N–H and O–H groups in total. The molecule has 0 fully saturated rings. The van der Waals surface area contributed by atoms with E-state index >= 15 is 0 Å². The Kier molecular flexibility index (Phi) is 4.75.